The number of aromatic nitrogens is 3. The van der Waals surface area contributed by atoms with Gasteiger partial charge in [0.25, 0.3) is 0 Å². The third kappa shape index (κ3) is 6.04. The number of carbonyl (C=O) groups is 1. The van der Waals surface area contributed by atoms with Crippen molar-refractivity contribution < 1.29 is 13.9 Å². The summed E-state index contributed by atoms with van der Waals surface area (Å²) in [4.78, 5) is 14.9. The molecule has 1 atom stereocenters. The lowest BCUT2D eigenvalue weighted by atomic mass is 10.2. The van der Waals surface area contributed by atoms with E-state index < -0.39 is 0 Å². The van der Waals surface area contributed by atoms with Gasteiger partial charge in [-0.2, -0.15) is 0 Å². The van der Waals surface area contributed by atoms with Crippen molar-refractivity contribution in [2.75, 3.05) is 32.0 Å². The molecule has 1 saturated heterocycles. The molecule has 2 aliphatic rings. The lowest BCUT2D eigenvalue weighted by Crippen LogP contribution is -2.47. The molecule has 9 heteroatoms. The minimum atomic E-state index is -0.0238. The van der Waals surface area contributed by atoms with E-state index in [1.165, 1.54) is 17.3 Å². The number of carbonyl (C=O) groups excluding carboxylic acids is 1. The van der Waals surface area contributed by atoms with Crippen molar-refractivity contribution >= 4 is 17.7 Å². The van der Waals surface area contributed by atoms with Gasteiger partial charge in [0.1, 0.15) is 11.6 Å². The zero-order valence-corrected chi connectivity index (χ0v) is 19.4. The number of rotatable bonds is 10. The van der Waals surface area contributed by atoms with Crippen molar-refractivity contribution in [3.05, 3.63) is 65.9 Å². The van der Waals surface area contributed by atoms with Gasteiger partial charge in [0.05, 0.1) is 31.3 Å². The Morgan fingerprint density at radius 2 is 2.00 bits per heavy atom. The summed E-state index contributed by atoms with van der Waals surface area (Å²) in [5, 5.41) is 12.5. The predicted molar refractivity (Wildman–Crippen MR) is 125 cm³/mol. The topological polar surface area (TPSA) is 85.4 Å². The van der Waals surface area contributed by atoms with Crippen molar-refractivity contribution in [3.8, 4) is 0 Å². The van der Waals surface area contributed by atoms with Crippen molar-refractivity contribution in [1.82, 2.24) is 25.0 Å². The Morgan fingerprint density at radius 3 is 2.79 bits per heavy atom. The highest BCUT2D eigenvalue weighted by atomic mass is 32.2. The molecule has 1 aliphatic carbocycles. The monoisotopic (exact) mass is 467 g/mol. The molecule has 2 aromatic heterocycles. The molecule has 1 unspecified atom stereocenters. The van der Waals surface area contributed by atoms with E-state index in [1.807, 2.05) is 18.2 Å². The van der Waals surface area contributed by atoms with E-state index in [4.69, 9.17) is 9.15 Å². The predicted octanol–water partition coefficient (Wildman–Crippen LogP) is 2.91. The second-order valence-electron chi connectivity index (χ2n) is 8.59. The van der Waals surface area contributed by atoms with Crippen LogP contribution in [-0.2, 0) is 22.6 Å². The van der Waals surface area contributed by atoms with Crippen LogP contribution in [0.25, 0.3) is 0 Å². The van der Waals surface area contributed by atoms with Gasteiger partial charge in [-0.25, -0.2) is 0 Å². The van der Waals surface area contributed by atoms with Crippen LogP contribution in [0.4, 0.5) is 0 Å². The number of benzene rings is 1. The lowest BCUT2D eigenvalue weighted by molar-refractivity contribution is -0.119. The van der Waals surface area contributed by atoms with Gasteiger partial charge in [0, 0.05) is 32.1 Å². The van der Waals surface area contributed by atoms with Crippen LogP contribution >= 0.6 is 11.8 Å². The fourth-order valence-corrected chi connectivity index (χ4v) is 4.83. The van der Waals surface area contributed by atoms with Gasteiger partial charge >= 0.3 is 0 Å². The van der Waals surface area contributed by atoms with Gasteiger partial charge in [-0.05, 0) is 30.5 Å². The smallest absolute Gasteiger partial charge is 0.230 e. The van der Waals surface area contributed by atoms with Crippen molar-refractivity contribution in [2.24, 2.45) is 0 Å². The summed E-state index contributed by atoms with van der Waals surface area (Å²) in [5.41, 5.74) is 1.29. The van der Waals surface area contributed by atoms with E-state index in [1.54, 1.807) is 6.26 Å². The maximum absolute atomic E-state index is 12.5. The Balaban J connectivity index is 1.10. The third-order valence-electron chi connectivity index (χ3n) is 5.91. The standard InChI is InChI=1S/C24H29N5O3S/c30-22(25-13-21-15-28(10-12-32-21)14-18-5-2-1-3-6-18)17-33-24-27-26-23(19-8-9-19)29(24)16-20-7-4-11-31-20/h1-7,11,19,21H,8-10,12-17H2,(H,25,30). The first-order valence-corrected chi connectivity index (χ1v) is 12.5. The Hall–Kier alpha value is -2.62. The third-order valence-corrected chi connectivity index (χ3v) is 6.88. The molecule has 0 bridgehead atoms. The zero-order valence-electron chi connectivity index (χ0n) is 18.6. The highest BCUT2D eigenvalue weighted by Crippen LogP contribution is 2.40. The first-order valence-electron chi connectivity index (χ1n) is 11.5. The number of hydrogen-bond donors (Lipinski definition) is 1. The SMILES string of the molecule is O=C(CSc1nnc(C2CC2)n1Cc1ccco1)NCC1CN(Cc2ccccc2)CCO1. The van der Waals surface area contributed by atoms with Crippen LogP contribution < -0.4 is 5.32 Å². The number of ether oxygens (including phenoxy) is 1. The van der Waals surface area contributed by atoms with Crippen molar-refractivity contribution in [2.45, 2.75) is 43.1 Å². The normalized spacial score (nSPS) is 19.0. The molecule has 3 aromatic rings. The number of nitrogens with zero attached hydrogens (tertiary/aromatic N) is 4. The molecule has 1 amide bonds. The molecule has 1 N–H and O–H groups in total. The number of nitrogens with one attached hydrogen (secondary N) is 1. The summed E-state index contributed by atoms with van der Waals surface area (Å²) < 4.78 is 13.5. The van der Waals surface area contributed by atoms with Crippen LogP contribution in [0.15, 0.2) is 58.3 Å². The maximum atomic E-state index is 12.5. The molecule has 1 aromatic carbocycles. The van der Waals surface area contributed by atoms with Gasteiger partial charge < -0.3 is 14.5 Å². The largest absolute Gasteiger partial charge is 0.467 e. The average Bonchev–Trinajstić information content (AvgIpc) is 3.40. The van der Waals surface area contributed by atoms with Gasteiger partial charge in [-0.3, -0.25) is 14.3 Å². The summed E-state index contributed by atoms with van der Waals surface area (Å²) in [6.07, 6.45) is 3.96. The van der Waals surface area contributed by atoms with Gasteiger partial charge in [-0.1, -0.05) is 42.1 Å². The molecule has 8 nitrogen and oxygen atoms in total. The zero-order chi connectivity index (χ0) is 22.5. The molecule has 3 heterocycles. The fraction of sp³-hybridized carbons (Fsp3) is 0.458. The number of thioether (sulfide) groups is 1. The van der Waals surface area contributed by atoms with E-state index in [0.29, 0.717) is 31.4 Å². The Labute approximate surface area is 197 Å². The summed E-state index contributed by atoms with van der Waals surface area (Å²) in [6.45, 7) is 4.40. The molecule has 33 heavy (non-hydrogen) atoms. The molecule has 5 rings (SSSR count). The number of hydrogen-bond acceptors (Lipinski definition) is 7. The maximum Gasteiger partial charge on any atom is 0.230 e. The average molecular weight is 468 g/mol. The van der Waals surface area contributed by atoms with E-state index in [2.05, 4.69) is 49.2 Å². The number of morpholine rings is 1. The molecule has 1 saturated carbocycles. The molecule has 2 fully saturated rings. The van der Waals surface area contributed by atoms with Crippen molar-refractivity contribution in [1.29, 1.82) is 0 Å². The molecular weight excluding hydrogens is 438 g/mol. The van der Waals surface area contributed by atoms with Crippen molar-refractivity contribution in [3.63, 3.8) is 0 Å². The fourth-order valence-electron chi connectivity index (χ4n) is 4.06. The molecule has 174 valence electrons. The Morgan fingerprint density at radius 1 is 1.12 bits per heavy atom. The van der Waals surface area contributed by atoms with Crippen LogP contribution in [0, 0.1) is 0 Å². The number of amides is 1. The summed E-state index contributed by atoms with van der Waals surface area (Å²) in [7, 11) is 0. The van der Waals surface area contributed by atoms with E-state index in [-0.39, 0.29) is 12.0 Å². The molecule has 0 radical (unpaired) electrons. The molecule has 1 aliphatic heterocycles. The highest BCUT2D eigenvalue weighted by Gasteiger charge is 2.31. The second kappa shape index (κ2) is 10.5. The van der Waals surface area contributed by atoms with Gasteiger partial charge in [0.2, 0.25) is 5.91 Å². The van der Waals surface area contributed by atoms with Crippen LogP contribution in [0.3, 0.4) is 0 Å². The summed E-state index contributed by atoms with van der Waals surface area (Å²) >= 11 is 1.42. The first-order chi connectivity index (χ1) is 16.2. The van der Waals surface area contributed by atoms with Gasteiger partial charge in [-0.15, -0.1) is 10.2 Å². The van der Waals surface area contributed by atoms with E-state index >= 15 is 0 Å². The molecular formula is C24H29N5O3S. The van der Waals surface area contributed by atoms with Crippen LogP contribution in [0.1, 0.15) is 35.9 Å². The van der Waals surface area contributed by atoms with Crippen LogP contribution in [0.5, 0.6) is 0 Å². The minimum absolute atomic E-state index is 0.000451. The summed E-state index contributed by atoms with van der Waals surface area (Å²) in [6, 6.07) is 14.3. The minimum Gasteiger partial charge on any atom is -0.467 e. The van der Waals surface area contributed by atoms with E-state index in [0.717, 1.165) is 49.2 Å². The molecule has 0 spiro atoms. The van der Waals surface area contributed by atoms with Crippen LogP contribution in [-0.4, -0.2) is 63.7 Å². The Kier molecular flexibility index (Phi) is 7.09. The van der Waals surface area contributed by atoms with Crippen LogP contribution in [0.2, 0.25) is 0 Å². The summed E-state index contributed by atoms with van der Waals surface area (Å²) in [5.74, 6) is 2.59. The highest BCUT2D eigenvalue weighted by molar-refractivity contribution is 7.99. The van der Waals surface area contributed by atoms with Gasteiger partial charge in [0.15, 0.2) is 5.16 Å². The quantitative estimate of drug-likeness (QED) is 0.459. The lowest BCUT2D eigenvalue weighted by Gasteiger charge is -2.33. The Bertz CT molecular complexity index is 1040. The first kappa shape index (κ1) is 22.2. The van der Waals surface area contributed by atoms with E-state index in [9.17, 15) is 4.79 Å². The second-order valence-corrected chi connectivity index (χ2v) is 9.53. The number of furan rings is 1.